The Morgan fingerprint density at radius 3 is 0.909 bits per heavy atom. The summed E-state index contributed by atoms with van der Waals surface area (Å²) in [6.45, 7) is 9.19. The van der Waals surface area contributed by atoms with Crippen molar-refractivity contribution in [1.82, 2.24) is 0 Å². The number of nitrogens with zero attached hydrogens (tertiary/aromatic N) is 2. The van der Waals surface area contributed by atoms with Crippen LogP contribution in [0.5, 0.6) is 0 Å². The summed E-state index contributed by atoms with van der Waals surface area (Å²) in [6, 6.07) is 0. The first-order valence-corrected chi connectivity index (χ1v) is 1.85. The first-order valence-electron chi connectivity index (χ1n) is 1.85. The van der Waals surface area contributed by atoms with E-state index >= 15 is 0 Å². The van der Waals surface area contributed by atoms with Gasteiger partial charge in [0.15, 0.2) is 0 Å². The normalized spacial score (nSPS) is 3.64. The summed E-state index contributed by atoms with van der Waals surface area (Å²) < 4.78 is 0. The van der Waals surface area contributed by atoms with Crippen LogP contribution in [0.15, 0.2) is 12.2 Å². The van der Waals surface area contributed by atoms with Crippen molar-refractivity contribution >= 4 is 12.4 Å². The van der Waals surface area contributed by atoms with E-state index < -0.39 is 0 Å². The Morgan fingerprint density at radius 2 is 0.909 bits per heavy atom. The fraction of sp³-hybridized carbons (Fsp3) is 0. The summed E-state index contributed by atoms with van der Waals surface area (Å²) in [4.78, 5) is 0. The van der Waals surface area contributed by atoms with Gasteiger partial charge in [0.2, 0.25) is 0 Å². The zero-order chi connectivity index (χ0) is 6.83. The second-order valence-corrected chi connectivity index (χ2v) is 0.683. The molecule has 0 aromatic carbocycles. The van der Waals surface area contributed by atoms with E-state index in [1.165, 1.54) is 0 Å². The standard InChI is InChI=1S/2C3H3N.H2O.2Zn/c2*1-2-3-4;;;/h2*1-3H;1H2;;/q2*-2;;2*+2. The SMILES string of the molecule is O.[CH-]=CC=[N-].[CH-]=CC=[N-].[Zn+2].[Zn+2]. The zero-order valence-electron chi connectivity index (χ0n) is 6.27. The van der Waals surface area contributed by atoms with E-state index in [0.29, 0.717) is 0 Å². The van der Waals surface area contributed by atoms with Gasteiger partial charge in [-0.2, -0.15) is 0 Å². The first kappa shape index (κ1) is 30.5. The molecule has 0 bridgehead atoms. The van der Waals surface area contributed by atoms with Gasteiger partial charge in [-0.1, -0.05) is 0 Å². The molecule has 0 radical (unpaired) electrons. The van der Waals surface area contributed by atoms with E-state index in [1.807, 2.05) is 0 Å². The van der Waals surface area contributed by atoms with Crippen LogP contribution in [-0.2, 0) is 39.0 Å². The molecule has 0 unspecified atom stereocenters. The molecule has 0 aliphatic heterocycles. The molecule has 2 N–H and O–H groups in total. The van der Waals surface area contributed by atoms with E-state index in [1.54, 1.807) is 0 Å². The number of hydrogen-bond acceptors (Lipinski definition) is 0. The van der Waals surface area contributed by atoms with Gasteiger partial charge >= 0.3 is 39.0 Å². The molecule has 0 rings (SSSR count). The Morgan fingerprint density at radius 1 is 0.818 bits per heavy atom. The van der Waals surface area contributed by atoms with Crippen molar-refractivity contribution in [2.45, 2.75) is 0 Å². The van der Waals surface area contributed by atoms with Crippen molar-refractivity contribution in [3.63, 3.8) is 0 Å². The third-order valence-electron chi connectivity index (χ3n) is 0.172. The smallest absolute Gasteiger partial charge is 0.911 e. The van der Waals surface area contributed by atoms with Gasteiger partial charge in [0.25, 0.3) is 0 Å². The summed E-state index contributed by atoms with van der Waals surface area (Å²) in [5.74, 6) is 0. The Balaban J connectivity index is -0.0000000171. The van der Waals surface area contributed by atoms with E-state index in [-0.39, 0.29) is 44.4 Å². The second kappa shape index (κ2) is 50.4. The van der Waals surface area contributed by atoms with Gasteiger partial charge in [0, 0.05) is 0 Å². The third-order valence-corrected chi connectivity index (χ3v) is 0.172. The van der Waals surface area contributed by atoms with Crippen molar-refractivity contribution < 1.29 is 44.4 Å². The van der Waals surface area contributed by atoms with Crippen LogP contribution in [0.4, 0.5) is 0 Å². The summed E-state index contributed by atoms with van der Waals surface area (Å²) in [6.07, 6.45) is 3.67. The molecule has 52 valence electrons. The average molecular weight is 255 g/mol. The minimum absolute atomic E-state index is 0. The minimum atomic E-state index is 0. The number of rotatable bonds is 2. The Hall–Kier alpha value is 0.0268. The molecule has 0 aromatic rings. The fourth-order valence-corrected chi connectivity index (χ4v) is 0. The summed E-state index contributed by atoms with van der Waals surface area (Å²) >= 11 is 0. The van der Waals surface area contributed by atoms with Crippen LogP contribution in [0.3, 0.4) is 0 Å². The van der Waals surface area contributed by atoms with Crippen LogP contribution in [0.2, 0.25) is 0 Å². The molecule has 0 fully saturated rings. The van der Waals surface area contributed by atoms with Gasteiger partial charge in [-0.05, 0) is 0 Å². The van der Waals surface area contributed by atoms with Gasteiger partial charge in [-0.3, -0.25) is 25.3 Å². The molecule has 0 saturated heterocycles. The molecule has 0 atom stereocenters. The monoisotopic (exact) mass is 252 g/mol. The van der Waals surface area contributed by atoms with Gasteiger partial charge < -0.3 is 28.7 Å². The molecule has 3 nitrogen and oxygen atoms in total. The van der Waals surface area contributed by atoms with Gasteiger partial charge in [-0.15, -0.1) is 0 Å². The minimum Gasteiger partial charge on any atom is -0.911 e. The van der Waals surface area contributed by atoms with E-state index in [9.17, 15) is 0 Å². The number of allylic oxidation sites excluding steroid dienone is 2. The van der Waals surface area contributed by atoms with Crippen LogP contribution in [-0.4, -0.2) is 17.9 Å². The molecular formula is C6H8N2OZn2. The van der Waals surface area contributed by atoms with Crippen LogP contribution in [0.1, 0.15) is 0 Å². The number of hydrogen-bond donors (Lipinski definition) is 0. The molecule has 0 aromatic heterocycles. The van der Waals surface area contributed by atoms with Crippen molar-refractivity contribution in [3.05, 3.63) is 36.1 Å². The maximum absolute atomic E-state index is 7.57. The maximum atomic E-state index is 7.57. The van der Waals surface area contributed by atoms with Crippen molar-refractivity contribution in [2.75, 3.05) is 0 Å². The summed E-state index contributed by atoms with van der Waals surface area (Å²) in [5.41, 5.74) is 0. The van der Waals surface area contributed by atoms with E-state index in [2.05, 4.69) is 13.2 Å². The summed E-state index contributed by atoms with van der Waals surface area (Å²) in [7, 11) is 0. The zero-order valence-corrected chi connectivity index (χ0v) is 12.2. The topological polar surface area (TPSA) is 76.1 Å². The van der Waals surface area contributed by atoms with Gasteiger partial charge in [0.1, 0.15) is 0 Å². The van der Waals surface area contributed by atoms with Crippen molar-refractivity contribution in [3.8, 4) is 0 Å². The maximum Gasteiger partial charge on any atom is 2.00 e. The third kappa shape index (κ3) is 157. The molecule has 11 heavy (non-hydrogen) atoms. The molecule has 0 aliphatic rings. The summed E-state index contributed by atoms with van der Waals surface area (Å²) in [5, 5.41) is 15.1. The van der Waals surface area contributed by atoms with Crippen LogP contribution >= 0.6 is 0 Å². The average Bonchev–Trinajstić information content (AvgIpc) is 1.88. The Labute approximate surface area is 92.8 Å². The molecule has 0 heterocycles. The Bertz CT molecular complexity index is 72.6. The van der Waals surface area contributed by atoms with Gasteiger partial charge in [-0.25, -0.2) is 0 Å². The molecule has 0 amide bonds. The van der Waals surface area contributed by atoms with Gasteiger partial charge in [0.05, 0.1) is 0 Å². The first-order chi connectivity index (χ1) is 3.83. The fourth-order valence-electron chi connectivity index (χ4n) is 0. The predicted octanol–water partition coefficient (Wildman–Crippen LogP) is 0.402. The Kier molecular flexibility index (Phi) is 140. The molecule has 0 aliphatic carbocycles. The van der Waals surface area contributed by atoms with Crippen molar-refractivity contribution in [1.29, 1.82) is 0 Å². The molecule has 5 heteroatoms. The predicted molar refractivity (Wildman–Crippen MR) is 40.2 cm³/mol. The van der Waals surface area contributed by atoms with Crippen molar-refractivity contribution in [2.24, 2.45) is 0 Å². The largest absolute Gasteiger partial charge is 2.00 e. The molecular weight excluding hydrogens is 247 g/mol. The van der Waals surface area contributed by atoms with Crippen LogP contribution < -0.4 is 0 Å². The quantitative estimate of drug-likeness (QED) is 0.389. The van der Waals surface area contributed by atoms with Crippen LogP contribution in [0.25, 0.3) is 10.8 Å². The second-order valence-electron chi connectivity index (χ2n) is 0.683. The van der Waals surface area contributed by atoms with E-state index in [4.69, 9.17) is 10.8 Å². The molecule has 0 spiro atoms. The van der Waals surface area contributed by atoms with E-state index in [0.717, 1.165) is 24.6 Å². The van der Waals surface area contributed by atoms with Crippen LogP contribution in [0, 0.1) is 13.2 Å². The molecule has 0 saturated carbocycles.